The number of nitrogens with zero attached hydrogens (tertiary/aromatic N) is 2. The minimum absolute atomic E-state index is 0.0478. The highest BCUT2D eigenvalue weighted by Gasteiger charge is 2.10. The molecule has 0 bridgehead atoms. The van der Waals surface area contributed by atoms with Crippen LogP contribution in [0, 0.1) is 0 Å². The van der Waals surface area contributed by atoms with Crippen LogP contribution in [0.4, 0.5) is 6.01 Å². The molecule has 0 saturated carbocycles. The van der Waals surface area contributed by atoms with E-state index < -0.39 is 0 Å². The summed E-state index contributed by atoms with van der Waals surface area (Å²) in [6, 6.07) is 16.9. The molecule has 0 saturated heterocycles. The standard InChI is InChI=1S/C19H17N3O3/c1-2-24-16-11-9-15(10-12-16)18-21-22-19(25-18)20-17(23)13-8-14-6-4-3-5-7-14/h3-13H,2H2,1H3,(H,20,22,23)/b13-8+. The van der Waals surface area contributed by atoms with Crippen molar-refractivity contribution in [2.24, 2.45) is 0 Å². The van der Waals surface area contributed by atoms with Crippen LogP contribution in [0.15, 0.2) is 65.1 Å². The Hall–Kier alpha value is -3.41. The third-order valence-corrected chi connectivity index (χ3v) is 3.29. The van der Waals surface area contributed by atoms with Crippen LogP contribution in [-0.4, -0.2) is 22.7 Å². The largest absolute Gasteiger partial charge is 0.494 e. The third-order valence-electron chi connectivity index (χ3n) is 3.29. The molecule has 0 unspecified atom stereocenters. The number of nitrogens with one attached hydrogen (secondary N) is 1. The van der Waals surface area contributed by atoms with Crippen LogP contribution >= 0.6 is 0 Å². The molecule has 1 aromatic heterocycles. The Bertz CT molecular complexity index is 855. The summed E-state index contributed by atoms with van der Waals surface area (Å²) < 4.78 is 10.9. The number of benzene rings is 2. The lowest BCUT2D eigenvalue weighted by Crippen LogP contribution is -2.07. The van der Waals surface area contributed by atoms with E-state index in [1.807, 2.05) is 61.5 Å². The molecule has 6 heteroatoms. The molecule has 3 aromatic rings. The second-order valence-corrected chi connectivity index (χ2v) is 5.10. The number of hydrogen-bond acceptors (Lipinski definition) is 5. The maximum Gasteiger partial charge on any atom is 0.322 e. The van der Waals surface area contributed by atoms with E-state index in [9.17, 15) is 4.79 Å². The Morgan fingerprint density at radius 1 is 1.12 bits per heavy atom. The van der Waals surface area contributed by atoms with Gasteiger partial charge in [0.05, 0.1) is 6.61 Å². The van der Waals surface area contributed by atoms with E-state index in [1.54, 1.807) is 6.08 Å². The molecule has 1 N–H and O–H groups in total. The fourth-order valence-electron chi connectivity index (χ4n) is 2.13. The number of carbonyl (C=O) groups is 1. The Balaban J connectivity index is 1.63. The minimum atomic E-state index is -0.342. The van der Waals surface area contributed by atoms with Crippen molar-refractivity contribution in [2.75, 3.05) is 11.9 Å². The average Bonchev–Trinajstić information content (AvgIpc) is 3.10. The van der Waals surface area contributed by atoms with E-state index >= 15 is 0 Å². The first-order chi connectivity index (χ1) is 12.2. The van der Waals surface area contributed by atoms with Gasteiger partial charge in [-0.3, -0.25) is 10.1 Å². The molecule has 0 spiro atoms. The fourth-order valence-corrected chi connectivity index (χ4v) is 2.13. The van der Waals surface area contributed by atoms with Crippen molar-refractivity contribution in [1.29, 1.82) is 0 Å². The maximum absolute atomic E-state index is 11.9. The molecule has 0 aliphatic carbocycles. The zero-order chi connectivity index (χ0) is 17.5. The molecule has 126 valence electrons. The zero-order valence-electron chi connectivity index (χ0n) is 13.7. The van der Waals surface area contributed by atoms with Crippen LogP contribution in [0.5, 0.6) is 5.75 Å². The van der Waals surface area contributed by atoms with Gasteiger partial charge in [-0.25, -0.2) is 0 Å². The minimum Gasteiger partial charge on any atom is -0.494 e. The lowest BCUT2D eigenvalue weighted by atomic mass is 10.2. The molecule has 1 heterocycles. The van der Waals surface area contributed by atoms with Gasteiger partial charge in [0.1, 0.15) is 5.75 Å². The number of amides is 1. The Morgan fingerprint density at radius 2 is 1.88 bits per heavy atom. The normalized spacial score (nSPS) is 10.8. The fraction of sp³-hybridized carbons (Fsp3) is 0.105. The monoisotopic (exact) mass is 335 g/mol. The first-order valence-corrected chi connectivity index (χ1v) is 7.85. The summed E-state index contributed by atoms with van der Waals surface area (Å²) in [5, 5.41) is 10.3. The van der Waals surface area contributed by atoms with Crippen molar-refractivity contribution in [3.05, 3.63) is 66.2 Å². The van der Waals surface area contributed by atoms with Gasteiger partial charge in [-0.05, 0) is 42.8 Å². The van der Waals surface area contributed by atoms with E-state index in [4.69, 9.17) is 9.15 Å². The number of carbonyl (C=O) groups excluding carboxylic acids is 1. The Morgan fingerprint density at radius 3 is 2.60 bits per heavy atom. The van der Waals surface area contributed by atoms with Gasteiger partial charge in [-0.15, -0.1) is 5.10 Å². The molecule has 0 atom stereocenters. The summed E-state index contributed by atoms with van der Waals surface area (Å²) in [7, 11) is 0. The van der Waals surface area contributed by atoms with Crippen molar-refractivity contribution in [2.45, 2.75) is 6.92 Å². The van der Waals surface area contributed by atoms with Gasteiger partial charge < -0.3 is 9.15 Å². The topological polar surface area (TPSA) is 77.3 Å². The molecule has 0 aliphatic heterocycles. The van der Waals surface area contributed by atoms with Crippen molar-refractivity contribution in [3.63, 3.8) is 0 Å². The summed E-state index contributed by atoms with van der Waals surface area (Å²) in [5.74, 6) is 0.751. The van der Waals surface area contributed by atoms with Crippen LogP contribution < -0.4 is 10.1 Å². The number of ether oxygens (including phenoxy) is 1. The predicted molar refractivity (Wildman–Crippen MR) is 95.0 cm³/mol. The van der Waals surface area contributed by atoms with Gasteiger partial charge in [-0.1, -0.05) is 35.4 Å². The zero-order valence-corrected chi connectivity index (χ0v) is 13.7. The lowest BCUT2D eigenvalue weighted by Gasteiger charge is -2.02. The van der Waals surface area contributed by atoms with Crippen molar-refractivity contribution in [3.8, 4) is 17.2 Å². The summed E-state index contributed by atoms with van der Waals surface area (Å²) in [6.07, 6.45) is 3.12. The molecule has 1 amide bonds. The van der Waals surface area contributed by atoms with Gasteiger partial charge in [0, 0.05) is 11.6 Å². The second kappa shape index (κ2) is 7.92. The van der Waals surface area contributed by atoms with Crippen LogP contribution in [-0.2, 0) is 4.79 Å². The van der Waals surface area contributed by atoms with Crippen LogP contribution in [0.3, 0.4) is 0 Å². The molecule has 0 radical (unpaired) electrons. The van der Waals surface area contributed by atoms with Crippen molar-refractivity contribution >= 4 is 18.0 Å². The lowest BCUT2D eigenvalue weighted by molar-refractivity contribution is -0.112. The second-order valence-electron chi connectivity index (χ2n) is 5.10. The molecule has 0 fully saturated rings. The molecule has 6 nitrogen and oxygen atoms in total. The quantitative estimate of drug-likeness (QED) is 0.694. The molecule has 0 aliphatic rings. The van der Waals surface area contributed by atoms with Gasteiger partial charge in [0.2, 0.25) is 5.89 Å². The number of aromatic nitrogens is 2. The average molecular weight is 335 g/mol. The highest BCUT2D eigenvalue weighted by atomic mass is 16.5. The van der Waals surface area contributed by atoms with Gasteiger partial charge in [0.25, 0.3) is 5.91 Å². The molecule has 3 rings (SSSR count). The van der Waals surface area contributed by atoms with E-state index in [0.29, 0.717) is 12.5 Å². The van der Waals surface area contributed by atoms with Crippen molar-refractivity contribution in [1.82, 2.24) is 10.2 Å². The molecule has 2 aromatic carbocycles. The summed E-state index contributed by atoms with van der Waals surface area (Å²) in [5.41, 5.74) is 1.68. The summed E-state index contributed by atoms with van der Waals surface area (Å²) in [4.78, 5) is 11.9. The van der Waals surface area contributed by atoms with Gasteiger partial charge in [-0.2, -0.15) is 0 Å². The number of anilines is 1. The number of hydrogen-bond donors (Lipinski definition) is 1. The van der Waals surface area contributed by atoms with Crippen molar-refractivity contribution < 1.29 is 13.9 Å². The summed E-state index contributed by atoms with van der Waals surface area (Å²) in [6.45, 7) is 2.53. The van der Waals surface area contributed by atoms with E-state index in [2.05, 4.69) is 15.5 Å². The SMILES string of the molecule is CCOc1ccc(-c2nnc(NC(=O)/C=C/c3ccccc3)o2)cc1. The molecule has 25 heavy (non-hydrogen) atoms. The Kier molecular flexibility index (Phi) is 5.21. The first kappa shape index (κ1) is 16.4. The van der Waals surface area contributed by atoms with Gasteiger partial charge in [0.15, 0.2) is 0 Å². The Labute approximate surface area is 145 Å². The highest BCUT2D eigenvalue weighted by Crippen LogP contribution is 2.22. The smallest absolute Gasteiger partial charge is 0.322 e. The number of rotatable bonds is 6. The molecular formula is C19H17N3O3. The maximum atomic E-state index is 11.9. The summed E-state index contributed by atoms with van der Waals surface area (Å²) >= 11 is 0. The molecular weight excluding hydrogens is 318 g/mol. The van der Waals surface area contributed by atoms with Crippen LogP contribution in [0.25, 0.3) is 17.5 Å². The van der Waals surface area contributed by atoms with E-state index in [1.165, 1.54) is 6.08 Å². The van der Waals surface area contributed by atoms with E-state index in [0.717, 1.165) is 16.9 Å². The third kappa shape index (κ3) is 4.54. The highest BCUT2D eigenvalue weighted by molar-refractivity contribution is 6.00. The predicted octanol–water partition coefficient (Wildman–Crippen LogP) is 3.79. The first-order valence-electron chi connectivity index (χ1n) is 7.85. The van der Waals surface area contributed by atoms with Gasteiger partial charge >= 0.3 is 6.01 Å². The van der Waals surface area contributed by atoms with E-state index in [-0.39, 0.29) is 11.9 Å². The van der Waals surface area contributed by atoms with Crippen LogP contribution in [0.2, 0.25) is 0 Å². The van der Waals surface area contributed by atoms with Crippen LogP contribution in [0.1, 0.15) is 12.5 Å².